The van der Waals surface area contributed by atoms with Crippen molar-refractivity contribution in [2.24, 2.45) is 0 Å². The second-order valence-corrected chi connectivity index (χ2v) is 5.31. The van der Waals surface area contributed by atoms with E-state index in [9.17, 15) is 4.79 Å². The molecule has 0 bridgehead atoms. The van der Waals surface area contributed by atoms with Gasteiger partial charge in [0.2, 0.25) is 0 Å². The number of piperazine rings is 1. The fourth-order valence-corrected chi connectivity index (χ4v) is 2.48. The molecule has 1 saturated heterocycles. The molecule has 1 aromatic rings. The molecule has 1 fully saturated rings. The summed E-state index contributed by atoms with van der Waals surface area (Å²) in [5.41, 5.74) is 0.620. The molecule has 1 heterocycles. The van der Waals surface area contributed by atoms with E-state index in [1.807, 2.05) is 17.0 Å². The van der Waals surface area contributed by atoms with Gasteiger partial charge >= 0.3 is 0 Å². The molecular formula is C13H17BrN2O2. The highest BCUT2D eigenvalue weighted by molar-refractivity contribution is 9.10. The molecule has 0 unspecified atom stereocenters. The quantitative estimate of drug-likeness (QED) is 0.907. The van der Waals surface area contributed by atoms with Crippen LogP contribution in [0.4, 0.5) is 0 Å². The molecule has 0 radical (unpaired) electrons. The maximum Gasteiger partial charge on any atom is 0.257 e. The van der Waals surface area contributed by atoms with Crippen LogP contribution in [0.25, 0.3) is 0 Å². The van der Waals surface area contributed by atoms with Crippen LogP contribution in [0.5, 0.6) is 5.75 Å². The van der Waals surface area contributed by atoms with Crippen LogP contribution >= 0.6 is 15.9 Å². The number of rotatable bonds is 2. The van der Waals surface area contributed by atoms with Crippen molar-refractivity contribution >= 4 is 21.8 Å². The average Bonchev–Trinajstić information content (AvgIpc) is 2.38. The van der Waals surface area contributed by atoms with Crippen molar-refractivity contribution in [1.29, 1.82) is 0 Å². The highest BCUT2D eigenvalue weighted by Crippen LogP contribution is 2.25. The van der Waals surface area contributed by atoms with Crippen LogP contribution in [0.15, 0.2) is 22.7 Å². The Kier molecular flexibility index (Phi) is 4.24. The molecule has 1 amide bonds. The molecule has 0 saturated carbocycles. The van der Waals surface area contributed by atoms with Gasteiger partial charge in [-0.2, -0.15) is 0 Å². The Balaban J connectivity index is 2.27. The molecule has 5 heteroatoms. The third kappa shape index (κ3) is 2.67. The Morgan fingerprint density at radius 2 is 2.33 bits per heavy atom. The number of hydrogen-bond donors (Lipinski definition) is 1. The first-order valence-corrected chi connectivity index (χ1v) is 6.78. The zero-order chi connectivity index (χ0) is 13.1. The van der Waals surface area contributed by atoms with E-state index in [0.717, 1.165) is 24.1 Å². The van der Waals surface area contributed by atoms with E-state index in [2.05, 4.69) is 28.2 Å². The molecule has 1 atom stereocenters. The Hall–Kier alpha value is -1.07. The predicted molar refractivity (Wildman–Crippen MR) is 74.1 cm³/mol. The van der Waals surface area contributed by atoms with Crippen molar-refractivity contribution in [2.75, 3.05) is 26.7 Å². The van der Waals surface area contributed by atoms with Gasteiger partial charge in [0.25, 0.3) is 5.91 Å². The van der Waals surface area contributed by atoms with E-state index in [0.29, 0.717) is 11.3 Å². The van der Waals surface area contributed by atoms with Gasteiger partial charge in [-0.3, -0.25) is 4.79 Å². The monoisotopic (exact) mass is 312 g/mol. The topological polar surface area (TPSA) is 41.6 Å². The Morgan fingerprint density at radius 1 is 1.56 bits per heavy atom. The van der Waals surface area contributed by atoms with E-state index in [-0.39, 0.29) is 11.9 Å². The SMILES string of the molecule is COc1cc(Br)ccc1C(=O)N1CCNC[C@@H]1C. The van der Waals surface area contributed by atoms with Crippen LogP contribution in [0.1, 0.15) is 17.3 Å². The molecule has 1 aliphatic heterocycles. The standard InChI is InChI=1S/C13H17BrN2O2/c1-9-8-15-5-6-16(9)13(17)11-4-3-10(14)7-12(11)18-2/h3-4,7,9,15H,5-6,8H2,1-2H3/t9-/m0/s1. The largest absolute Gasteiger partial charge is 0.496 e. The van der Waals surface area contributed by atoms with E-state index < -0.39 is 0 Å². The summed E-state index contributed by atoms with van der Waals surface area (Å²) in [7, 11) is 1.58. The summed E-state index contributed by atoms with van der Waals surface area (Å²) in [6, 6.07) is 5.70. The number of nitrogens with zero attached hydrogens (tertiary/aromatic N) is 1. The van der Waals surface area contributed by atoms with Gasteiger partial charge in [0.15, 0.2) is 0 Å². The number of methoxy groups -OCH3 is 1. The van der Waals surface area contributed by atoms with Crippen LogP contribution in [-0.2, 0) is 0 Å². The number of halogens is 1. The molecule has 4 nitrogen and oxygen atoms in total. The summed E-state index contributed by atoms with van der Waals surface area (Å²) in [6.45, 7) is 4.47. The van der Waals surface area contributed by atoms with Gasteiger partial charge in [-0.15, -0.1) is 0 Å². The predicted octanol–water partition coefficient (Wildman–Crippen LogP) is 1.89. The van der Waals surface area contributed by atoms with E-state index in [1.54, 1.807) is 13.2 Å². The normalized spacial score (nSPS) is 19.7. The smallest absolute Gasteiger partial charge is 0.257 e. The maximum absolute atomic E-state index is 12.5. The minimum Gasteiger partial charge on any atom is -0.496 e. The number of ether oxygens (including phenoxy) is 1. The zero-order valence-corrected chi connectivity index (χ0v) is 12.2. The Morgan fingerprint density at radius 3 is 3.00 bits per heavy atom. The lowest BCUT2D eigenvalue weighted by Crippen LogP contribution is -2.52. The summed E-state index contributed by atoms with van der Waals surface area (Å²) in [5.74, 6) is 0.647. The molecule has 1 N–H and O–H groups in total. The molecule has 0 aromatic heterocycles. The van der Waals surface area contributed by atoms with Crippen molar-refractivity contribution in [3.63, 3.8) is 0 Å². The molecular weight excluding hydrogens is 296 g/mol. The minimum absolute atomic E-state index is 0.0355. The third-order valence-electron chi connectivity index (χ3n) is 3.16. The first-order chi connectivity index (χ1) is 8.63. The highest BCUT2D eigenvalue weighted by Gasteiger charge is 2.26. The summed E-state index contributed by atoms with van der Waals surface area (Å²) in [4.78, 5) is 14.4. The fourth-order valence-electron chi connectivity index (χ4n) is 2.14. The lowest BCUT2D eigenvalue weighted by atomic mass is 10.1. The number of benzene rings is 1. The summed E-state index contributed by atoms with van der Waals surface area (Å²) < 4.78 is 6.19. The zero-order valence-electron chi connectivity index (χ0n) is 10.6. The molecule has 2 rings (SSSR count). The Bertz CT molecular complexity index is 451. The molecule has 0 spiro atoms. The summed E-state index contributed by atoms with van der Waals surface area (Å²) >= 11 is 3.38. The first kappa shape index (κ1) is 13.4. The van der Waals surface area contributed by atoms with Crippen molar-refractivity contribution in [1.82, 2.24) is 10.2 Å². The first-order valence-electron chi connectivity index (χ1n) is 5.98. The average molecular weight is 313 g/mol. The lowest BCUT2D eigenvalue weighted by Gasteiger charge is -2.34. The van der Waals surface area contributed by atoms with Gasteiger partial charge in [0.1, 0.15) is 5.75 Å². The number of hydrogen-bond acceptors (Lipinski definition) is 3. The van der Waals surface area contributed by atoms with Gasteiger partial charge < -0.3 is 15.0 Å². The van der Waals surface area contributed by atoms with Gasteiger partial charge in [0.05, 0.1) is 12.7 Å². The molecule has 1 aliphatic rings. The van der Waals surface area contributed by atoms with Crippen LogP contribution in [-0.4, -0.2) is 43.6 Å². The van der Waals surface area contributed by atoms with Gasteiger partial charge in [-0.25, -0.2) is 0 Å². The fraction of sp³-hybridized carbons (Fsp3) is 0.462. The number of amides is 1. The van der Waals surface area contributed by atoms with Crippen LogP contribution in [0.3, 0.4) is 0 Å². The molecule has 0 aliphatic carbocycles. The number of carbonyl (C=O) groups excluding carboxylic acids is 1. The van der Waals surface area contributed by atoms with E-state index in [4.69, 9.17) is 4.74 Å². The van der Waals surface area contributed by atoms with Crippen molar-refractivity contribution in [3.8, 4) is 5.75 Å². The highest BCUT2D eigenvalue weighted by atomic mass is 79.9. The second-order valence-electron chi connectivity index (χ2n) is 4.40. The van der Waals surface area contributed by atoms with Crippen molar-refractivity contribution < 1.29 is 9.53 Å². The second kappa shape index (κ2) is 5.71. The molecule has 18 heavy (non-hydrogen) atoms. The van der Waals surface area contributed by atoms with Crippen LogP contribution in [0, 0.1) is 0 Å². The molecule has 98 valence electrons. The van der Waals surface area contributed by atoms with Gasteiger partial charge in [0, 0.05) is 30.1 Å². The number of nitrogens with one attached hydrogen (secondary N) is 1. The molecule has 1 aromatic carbocycles. The van der Waals surface area contributed by atoms with Crippen LogP contribution < -0.4 is 10.1 Å². The van der Waals surface area contributed by atoms with Crippen molar-refractivity contribution in [3.05, 3.63) is 28.2 Å². The summed E-state index contributed by atoms with van der Waals surface area (Å²) in [6.07, 6.45) is 0. The minimum atomic E-state index is 0.0355. The number of carbonyl (C=O) groups is 1. The Labute approximate surface area is 115 Å². The van der Waals surface area contributed by atoms with E-state index >= 15 is 0 Å². The maximum atomic E-state index is 12.5. The summed E-state index contributed by atoms with van der Waals surface area (Å²) in [5, 5.41) is 3.28. The third-order valence-corrected chi connectivity index (χ3v) is 3.65. The van der Waals surface area contributed by atoms with Crippen molar-refractivity contribution in [2.45, 2.75) is 13.0 Å². The van der Waals surface area contributed by atoms with Gasteiger partial charge in [-0.1, -0.05) is 15.9 Å². The van der Waals surface area contributed by atoms with Gasteiger partial charge in [-0.05, 0) is 25.1 Å². The van der Waals surface area contributed by atoms with E-state index in [1.165, 1.54) is 0 Å². The van der Waals surface area contributed by atoms with Crippen LogP contribution in [0.2, 0.25) is 0 Å². The lowest BCUT2D eigenvalue weighted by molar-refractivity contribution is 0.0652.